The summed E-state index contributed by atoms with van der Waals surface area (Å²) in [5, 5.41) is 5.37. The molecule has 0 saturated carbocycles. The topological polar surface area (TPSA) is 94.2 Å². The number of nitrogens with zero attached hydrogens (tertiary/aromatic N) is 3. The quantitative estimate of drug-likeness (QED) is 0.479. The predicted molar refractivity (Wildman–Crippen MR) is 139 cm³/mol. The number of nitrogens with one attached hydrogen (secondary N) is 2. The molecule has 9 heteroatoms. The van der Waals surface area contributed by atoms with Crippen molar-refractivity contribution in [3.05, 3.63) is 59.3 Å². The van der Waals surface area contributed by atoms with Crippen LogP contribution in [-0.4, -0.2) is 68.7 Å². The molecule has 3 aliphatic heterocycles. The fourth-order valence-electron chi connectivity index (χ4n) is 4.79. The smallest absolute Gasteiger partial charge is 0.329 e. The molecule has 0 spiro atoms. The Morgan fingerprint density at radius 1 is 0.972 bits per heavy atom. The van der Waals surface area contributed by atoms with Gasteiger partial charge in [0.25, 0.3) is 5.91 Å². The number of amides is 4. The maximum Gasteiger partial charge on any atom is 0.329 e. The molecule has 5 rings (SSSR count). The third kappa shape index (κ3) is 5.21. The summed E-state index contributed by atoms with van der Waals surface area (Å²) in [5.74, 6) is -0.953. The van der Waals surface area contributed by atoms with Gasteiger partial charge in [-0.2, -0.15) is 0 Å². The third-order valence-corrected chi connectivity index (χ3v) is 6.82. The minimum absolute atomic E-state index is 0.166. The lowest BCUT2D eigenvalue weighted by Gasteiger charge is -2.28. The van der Waals surface area contributed by atoms with E-state index in [1.54, 1.807) is 6.08 Å². The molecule has 3 aliphatic rings. The van der Waals surface area contributed by atoms with Crippen LogP contribution >= 0.6 is 0 Å². The van der Waals surface area contributed by atoms with Crippen molar-refractivity contribution < 1.29 is 19.1 Å². The van der Waals surface area contributed by atoms with Gasteiger partial charge in [-0.25, -0.2) is 9.69 Å². The molecule has 2 aromatic carbocycles. The fraction of sp³-hybridized carbons (Fsp3) is 0.370. The molecule has 3 fully saturated rings. The predicted octanol–water partition coefficient (Wildman–Crippen LogP) is 2.96. The van der Waals surface area contributed by atoms with E-state index in [-0.39, 0.29) is 12.2 Å². The van der Waals surface area contributed by atoms with E-state index in [4.69, 9.17) is 4.74 Å². The first-order valence-electron chi connectivity index (χ1n) is 12.4. The van der Waals surface area contributed by atoms with E-state index in [9.17, 15) is 14.4 Å². The summed E-state index contributed by atoms with van der Waals surface area (Å²) in [6.45, 7) is 6.80. The minimum Gasteiger partial charge on any atom is -0.378 e. The number of hydrogen-bond acceptors (Lipinski definition) is 6. The second-order valence-electron chi connectivity index (χ2n) is 9.31. The summed E-state index contributed by atoms with van der Waals surface area (Å²) >= 11 is 0. The highest BCUT2D eigenvalue weighted by Crippen LogP contribution is 2.25. The molecule has 36 heavy (non-hydrogen) atoms. The number of anilines is 3. The molecular weight excluding hydrogens is 458 g/mol. The molecule has 3 heterocycles. The van der Waals surface area contributed by atoms with Crippen molar-refractivity contribution in [2.45, 2.75) is 19.8 Å². The van der Waals surface area contributed by atoms with Gasteiger partial charge in [0, 0.05) is 43.2 Å². The van der Waals surface area contributed by atoms with E-state index < -0.39 is 17.8 Å². The molecule has 2 N–H and O–H groups in total. The van der Waals surface area contributed by atoms with Crippen LogP contribution in [0.2, 0.25) is 0 Å². The standard InChI is InChI=1S/C27H31N5O4/c1-19-16-23(30-10-2-3-11-30)7-4-20(19)17-24-26(34)32(27(35)29-24)18-25(33)28-21-5-8-22(9-6-21)31-12-14-36-15-13-31/h4-9,16-17H,2-3,10-15,18H2,1H3,(H,28,33)(H,29,35)/b24-17-. The lowest BCUT2D eigenvalue weighted by atomic mass is 10.1. The molecule has 9 nitrogen and oxygen atoms in total. The SMILES string of the molecule is Cc1cc(N2CCCC2)ccc1/C=C1\NC(=O)N(CC(=O)Nc2ccc(N3CCOCC3)cc2)C1=O. The van der Waals surface area contributed by atoms with Crippen LogP contribution in [0.3, 0.4) is 0 Å². The zero-order valence-corrected chi connectivity index (χ0v) is 20.5. The van der Waals surface area contributed by atoms with Crippen LogP contribution in [0, 0.1) is 6.92 Å². The van der Waals surface area contributed by atoms with E-state index in [0.29, 0.717) is 18.9 Å². The first kappa shape index (κ1) is 23.9. The average molecular weight is 490 g/mol. The summed E-state index contributed by atoms with van der Waals surface area (Å²) in [6, 6.07) is 13.0. The largest absolute Gasteiger partial charge is 0.378 e. The van der Waals surface area contributed by atoms with E-state index in [0.717, 1.165) is 47.9 Å². The van der Waals surface area contributed by atoms with Crippen LogP contribution < -0.4 is 20.4 Å². The van der Waals surface area contributed by atoms with Gasteiger partial charge >= 0.3 is 6.03 Å². The number of benzene rings is 2. The summed E-state index contributed by atoms with van der Waals surface area (Å²) in [6.07, 6.45) is 4.08. The van der Waals surface area contributed by atoms with Gasteiger partial charge in [-0.3, -0.25) is 9.59 Å². The Bertz CT molecular complexity index is 1180. The third-order valence-electron chi connectivity index (χ3n) is 6.82. The number of carbonyl (C=O) groups excluding carboxylic acids is 3. The number of rotatable bonds is 6. The van der Waals surface area contributed by atoms with Crippen molar-refractivity contribution in [3.8, 4) is 0 Å². The highest BCUT2D eigenvalue weighted by atomic mass is 16.5. The minimum atomic E-state index is -0.601. The van der Waals surface area contributed by atoms with Gasteiger partial charge in [0.1, 0.15) is 12.2 Å². The van der Waals surface area contributed by atoms with Crippen molar-refractivity contribution in [2.24, 2.45) is 0 Å². The monoisotopic (exact) mass is 489 g/mol. The number of imide groups is 1. The van der Waals surface area contributed by atoms with Crippen LogP contribution in [0.25, 0.3) is 6.08 Å². The van der Waals surface area contributed by atoms with Crippen molar-refractivity contribution in [1.82, 2.24) is 10.2 Å². The van der Waals surface area contributed by atoms with Crippen LogP contribution in [0.1, 0.15) is 24.0 Å². The molecule has 0 radical (unpaired) electrons. The second kappa shape index (κ2) is 10.4. The van der Waals surface area contributed by atoms with Crippen LogP contribution in [-0.2, 0) is 14.3 Å². The zero-order valence-electron chi connectivity index (χ0n) is 20.5. The van der Waals surface area contributed by atoms with Crippen LogP contribution in [0.4, 0.5) is 21.9 Å². The Hall–Kier alpha value is -3.85. The van der Waals surface area contributed by atoms with Gasteiger partial charge in [-0.1, -0.05) is 6.07 Å². The maximum atomic E-state index is 12.9. The molecule has 0 aliphatic carbocycles. The summed E-state index contributed by atoms with van der Waals surface area (Å²) in [4.78, 5) is 43.4. The van der Waals surface area contributed by atoms with Gasteiger partial charge < -0.3 is 25.2 Å². The average Bonchev–Trinajstić information content (AvgIpc) is 3.51. The van der Waals surface area contributed by atoms with Crippen LogP contribution in [0.5, 0.6) is 0 Å². The number of ether oxygens (including phenoxy) is 1. The molecule has 188 valence electrons. The molecule has 0 aromatic heterocycles. The summed E-state index contributed by atoms with van der Waals surface area (Å²) in [5.41, 5.74) is 4.88. The Morgan fingerprint density at radius 2 is 1.64 bits per heavy atom. The molecule has 4 amide bonds. The molecule has 2 aromatic rings. The van der Waals surface area contributed by atoms with Gasteiger partial charge in [0.15, 0.2) is 0 Å². The number of morpholine rings is 1. The second-order valence-corrected chi connectivity index (χ2v) is 9.31. The lowest BCUT2D eigenvalue weighted by Crippen LogP contribution is -2.38. The highest BCUT2D eigenvalue weighted by Gasteiger charge is 2.35. The highest BCUT2D eigenvalue weighted by molar-refractivity contribution is 6.16. The first-order chi connectivity index (χ1) is 17.5. The molecule has 0 atom stereocenters. The number of hydrogen-bond donors (Lipinski definition) is 2. The Labute approximate surface area is 210 Å². The van der Waals surface area contributed by atoms with E-state index >= 15 is 0 Å². The van der Waals surface area contributed by atoms with Crippen molar-refractivity contribution >= 4 is 41.0 Å². The van der Waals surface area contributed by atoms with Crippen molar-refractivity contribution in [3.63, 3.8) is 0 Å². The molecule has 3 saturated heterocycles. The summed E-state index contributed by atoms with van der Waals surface area (Å²) < 4.78 is 5.38. The maximum absolute atomic E-state index is 12.9. The molecule has 0 bridgehead atoms. The fourth-order valence-corrected chi connectivity index (χ4v) is 4.79. The molecule has 0 unspecified atom stereocenters. The molecular formula is C27H31N5O4. The Balaban J connectivity index is 1.20. The van der Waals surface area contributed by atoms with Gasteiger partial charge in [0.05, 0.1) is 13.2 Å². The lowest BCUT2D eigenvalue weighted by molar-refractivity contribution is -0.127. The van der Waals surface area contributed by atoms with E-state index in [1.165, 1.54) is 18.5 Å². The van der Waals surface area contributed by atoms with Gasteiger partial charge in [0.2, 0.25) is 5.91 Å². The first-order valence-corrected chi connectivity index (χ1v) is 12.4. The number of aryl methyl sites for hydroxylation is 1. The normalized spacial score (nSPS) is 19.2. The summed E-state index contributed by atoms with van der Waals surface area (Å²) in [7, 11) is 0. The van der Waals surface area contributed by atoms with E-state index in [2.05, 4.69) is 26.5 Å². The van der Waals surface area contributed by atoms with E-state index in [1.807, 2.05) is 43.3 Å². The van der Waals surface area contributed by atoms with Crippen molar-refractivity contribution in [2.75, 3.05) is 61.1 Å². The van der Waals surface area contributed by atoms with Crippen LogP contribution in [0.15, 0.2) is 48.2 Å². The Morgan fingerprint density at radius 3 is 2.33 bits per heavy atom. The van der Waals surface area contributed by atoms with Gasteiger partial charge in [-0.05, 0) is 73.4 Å². The van der Waals surface area contributed by atoms with Crippen molar-refractivity contribution in [1.29, 1.82) is 0 Å². The van der Waals surface area contributed by atoms with Gasteiger partial charge in [-0.15, -0.1) is 0 Å². The zero-order chi connectivity index (χ0) is 25.1. The Kier molecular flexibility index (Phi) is 6.90. The number of urea groups is 1. The number of carbonyl (C=O) groups is 3.